The highest BCUT2D eigenvalue weighted by Crippen LogP contribution is 2.22. The van der Waals surface area contributed by atoms with Crippen LogP contribution in [0.1, 0.15) is 48.5 Å². The maximum atomic E-state index is 12.5. The first-order chi connectivity index (χ1) is 13.1. The van der Waals surface area contributed by atoms with Gasteiger partial charge in [0.25, 0.3) is 5.91 Å². The average molecular weight is 373 g/mol. The second kappa shape index (κ2) is 9.22. The summed E-state index contributed by atoms with van der Waals surface area (Å²) in [6.45, 7) is 7.74. The highest BCUT2D eigenvalue weighted by atomic mass is 16.6. The summed E-state index contributed by atoms with van der Waals surface area (Å²) in [6, 6.07) is 8.39. The fraction of sp³-hybridized carbons (Fsp3) is 0.619. The summed E-state index contributed by atoms with van der Waals surface area (Å²) in [6.07, 6.45) is 3.86. The van der Waals surface area contributed by atoms with Crippen molar-refractivity contribution in [2.75, 3.05) is 32.8 Å². The van der Waals surface area contributed by atoms with E-state index in [4.69, 9.17) is 4.74 Å². The Morgan fingerprint density at radius 2 is 1.81 bits per heavy atom. The zero-order valence-electron chi connectivity index (χ0n) is 16.4. The molecule has 2 aliphatic heterocycles. The van der Waals surface area contributed by atoms with Crippen molar-refractivity contribution in [2.45, 2.75) is 51.6 Å². The number of carbonyl (C=O) groups is 2. The second-order valence-electron chi connectivity index (χ2n) is 7.59. The SMILES string of the molecule is CCOC(=O)N1CCC(N2CCCC(NC(=O)c3ccc(C)cc3)C2)CC1. The third-order valence-corrected chi connectivity index (χ3v) is 5.61. The van der Waals surface area contributed by atoms with Crippen molar-refractivity contribution >= 4 is 12.0 Å². The van der Waals surface area contributed by atoms with Gasteiger partial charge < -0.3 is 15.0 Å². The number of benzene rings is 1. The predicted octanol–water partition coefficient (Wildman–Crippen LogP) is 2.81. The fourth-order valence-electron chi connectivity index (χ4n) is 4.06. The zero-order chi connectivity index (χ0) is 19.2. The van der Waals surface area contributed by atoms with E-state index in [2.05, 4.69) is 10.2 Å². The van der Waals surface area contributed by atoms with Gasteiger partial charge in [-0.15, -0.1) is 0 Å². The predicted molar refractivity (Wildman–Crippen MR) is 105 cm³/mol. The zero-order valence-corrected chi connectivity index (χ0v) is 16.4. The molecular weight excluding hydrogens is 342 g/mol. The van der Waals surface area contributed by atoms with Gasteiger partial charge in [-0.05, 0) is 58.2 Å². The number of amides is 2. The summed E-state index contributed by atoms with van der Waals surface area (Å²) in [5.41, 5.74) is 1.88. The number of nitrogens with zero attached hydrogens (tertiary/aromatic N) is 2. The number of likely N-dealkylation sites (tertiary alicyclic amines) is 2. The molecule has 0 radical (unpaired) electrons. The van der Waals surface area contributed by atoms with Crippen LogP contribution < -0.4 is 5.32 Å². The van der Waals surface area contributed by atoms with Gasteiger partial charge in [0.05, 0.1) is 6.61 Å². The average Bonchev–Trinajstić information content (AvgIpc) is 2.69. The van der Waals surface area contributed by atoms with Gasteiger partial charge in [0.2, 0.25) is 0 Å². The molecule has 1 aromatic rings. The number of carbonyl (C=O) groups excluding carboxylic acids is 2. The van der Waals surface area contributed by atoms with Gasteiger partial charge in [-0.1, -0.05) is 17.7 Å². The Balaban J connectivity index is 1.49. The number of rotatable bonds is 4. The molecule has 0 aliphatic carbocycles. The van der Waals surface area contributed by atoms with Crippen LogP contribution in [0.15, 0.2) is 24.3 Å². The topological polar surface area (TPSA) is 61.9 Å². The smallest absolute Gasteiger partial charge is 0.409 e. The molecule has 6 nitrogen and oxygen atoms in total. The minimum Gasteiger partial charge on any atom is -0.450 e. The molecule has 0 aromatic heterocycles. The molecule has 27 heavy (non-hydrogen) atoms. The summed E-state index contributed by atoms with van der Waals surface area (Å²) < 4.78 is 5.10. The Hall–Kier alpha value is -2.08. The molecule has 3 rings (SSSR count). The molecule has 2 aliphatic rings. The van der Waals surface area contributed by atoms with E-state index < -0.39 is 0 Å². The summed E-state index contributed by atoms with van der Waals surface area (Å²) in [5.74, 6) is 0.0129. The van der Waals surface area contributed by atoms with E-state index in [9.17, 15) is 9.59 Å². The summed E-state index contributed by atoms with van der Waals surface area (Å²) in [5, 5.41) is 3.20. The lowest BCUT2D eigenvalue weighted by atomic mass is 9.98. The summed E-state index contributed by atoms with van der Waals surface area (Å²) >= 11 is 0. The van der Waals surface area contributed by atoms with Gasteiger partial charge in [0.1, 0.15) is 0 Å². The maximum Gasteiger partial charge on any atom is 0.409 e. The van der Waals surface area contributed by atoms with Gasteiger partial charge in [-0.25, -0.2) is 4.79 Å². The third kappa shape index (κ3) is 5.22. The van der Waals surface area contributed by atoms with Crippen molar-refractivity contribution in [1.29, 1.82) is 0 Å². The molecule has 2 heterocycles. The number of hydrogen-bond donors (Lipinski definition) is 1. The molecule has 148 valence electrons. The van der Waals surface area contributed by atoms with Crippen LogP contribution in [0.2, 0.25) is 0 Å². The number of hydrogen-bond acceptors (Lipinski definition) is 4. The van der Waals surface area contributed by atoms with E-state index in [1.54, 1.807) is 4.90 Å². The standard InChI is InChI=1S/C21H31N3O3/c1-3-27-21(26)23-13-10-19(11-14-23)24-12-4-5-18(15-24)22-20(25)17-8-6-16(2)7-9-17/h6-9,18-19H,3-5,10-15H2,1-2H3,(H,22,25). The molecule has 2 saturated heterocycles. The van der Waals surface area contributed by atoms with Crippen LogP contribution in [-0.2, 0) is 4.74 Å². The molecule has 0 spiro atoms. The first-order valence-electron chi connectivity index (χ1n) is 10.1. The molecule has 6 heteroatoms. The Morgan fingerprint density at radius 1 is 1.11 bits per heavy atom. The molecule has 0 saturated carbocycles. The van der Waals surface area contributed by atoms with Crippen LogP contribution in [0.4, 0.5) is 4.79 Å². The molecule has 1 N–H and O–H groups in total. The quantitative estimate of drug-likeness (QED) is 0.882. The van der Waals surface area contributed by atoms with E-state index in [1.807, 2.05) is 38.1 Å². The Morgan fingerprint density at radius 3 is 2.48 bits per heavy atom. The number of piperidine rings is 2. The van der Waals surface area contributed by atoms with Crippen LogP contribution in [0, 0.1) is 6.92 Å². The van der Waals surface area contributed by atoms with Crippen molar-refractivity contribution in [3.05, 3.63) is 35.4 Å². The Labute approximate surface area is 161 Å². The highest BCUT2D eigenvalue weighted by Gasteiger charge is 2.31. The first-order valence-corrected chi connectivity index (χ1v) is 10.1. The van der Waals surface area contributed by atoms with Gasteiger partial charge in [-0.2, -0.15) is 0 Å². The van der Waals surface area contributed by atoms with E-state index >= 15 is 0 Å². The number of ether oxygens (including phenoxy) is 1. The minimum absolute atomic E-state index is 0.0129. The van der Waals surface area contributed by atoms with Crippen molar-refractivity contribution in [2.24, 2.45) is 0 Å². The van der Waals surface area contributed by atoms with Crippen LogP contribution in [-0.4, -0.2) is 66.7 Å². The highest BCUT2D eigenvalue weighted by molar-refractivity contribution is 5.94. The van der Waals surface area contributed by atoms with Crippen LogP contribution in [0.5, 0.6) is 0 Å². The molecule has 2 fully saturated rings. The van der Waals surface area contributed by atoms with E-state index in [-0.39, 0.29) is 18.0 Å². The number of nitrogens with one attached hydrogen (secondary N) is 1. The lowest BCUT2D eigenvalue weighted by molar-refractivity contribution is 0.0601. The molecule has 1 atom stereocenters. The monoisotopic (exact) mass is 373 g/mol. The summed E-state index contributed by atoms with van der Waals surface area (Å²) in [4.78, 5) is 28.6. The van der Waals surface area contributed by atoms with Gasteiger partial charge in [0, 0.05) is 37.3 Å². The van der Waals surface area contributed by atoms with Gasteiger partial charge in [-0.3, -0.25) is 9.69 Å². The Kier molecular flexibility index (Phi) is 6.72. The summed E-state index contributed by atoms with van der Waals surface area (Å²) in [7, 11) is 0. The molecule has 0 bridgehead atoms. The van der Waals surface area contributed by atoms with Gasteiger partial charge >= 0.3 is 6.09 Å². The molecule has 1 unspecified atom stereocenters. The lowest BCUT2D eigenvalue weighted by Gasteiger charge is -2.42. The van der Waals surface area contributed by atoms with E-state index in [0.29, 0.717) is 12.6 Å². The third-order valence-electron chi connectivity index (χ3n) is 5.61. The Bertz CT molecular complexity index is 639. The largest absolute Gasteiger partial charge is 0.450 e. The molecule has 1 aromatic carbocycles. The van der Waals surface area contributed by atoms with Crippen LogP contribution in [0.25, 0.3) is 0 Å². The van der Waals surface area contributed by atoms with Crippen LogP contribution >= 0.6 is 0 Å². The number of aryl methyl sites for hydroxylation is 1. The lowest BCUT2D eigenvalue weighted by Crippen LogP contribution is -2.54. The van der Waals surface area contributed by atoms with E-state index in [1.165, 1.54) is 0 Å². The normalized spacial score (nSPS) is 21.7. The molecular formula is C21H31N3O3. The minimum atomic E-state index is -0.196. The van der Waals surface area contributed by atoms with Crippen molar-refractivity contribution in [1.82, 2.24) is 15.1 Å². The van der Waals surface area contributed by atoms with Crippen molar-refractivity contribution in [3.8, 4) is 0 Å². The van der Waals surface area contributed by atoms with Crippen LogP contribution in [0.3, 0.4) is 0 Å². The van der Waals surface area contributed by atoms with Crippen molar-refractivity contribution < 1.29 is 14.3 Å². The second-order valence-corrected chi connectivity index (χ2v) is 7.59. The maximum absolute atomic E-state index is 12.5. The fourth-order valence-corrected chi connectivity index (χ4v) is 4.06. The van der Waals surface area contributed by atoms with E-state index in [0.717, 1.165) is 63.0 Å². The molecule has 2 amide bonds. The van der Waals surface area contributed by atoms with Gasteiger partial charge in [0.15, 0.2) is 0 Å². The first kappa shape index (κ1) is 19.7. The van der Waals surface area contributed by atoms with Crippen molar-refractivity contribution in [3.63, 3.8) is 0 Å².